The second-order valence-electron chi connectivity index (χ2n) is 5.90. The van der Waals surface area contributed by atoms with Gasteiger partial charge in [-0.15, -0.1) is 0 Å². The van der Waals surface area contributed by atoms with Crippen molar-refractivity contribution in [1.82, 2.24) is 0 Å². The van der Waals surface area contributed by atoms with E-state index in [-0.39, 0.29) is 0 Å². The van der Waals surface area contributed by atoms with E-state index >= 15 is 0 Å². The van der Waals surface area contributed by atoms with E-state index in [0.717, 1.165) is 32.3 Å². The number of hydrogen-bond acceptors (Lipinski definition) is 3. The van der Waals surface area contributed by atoms with E-state index in [1.165, 1.54) is 10.4 Å². The van der Waals surface area contributed by atoms with E-state index in [9.17, 15) is 0 Å². The van der Waals surface area contributed by atoms with E-state index in [1.807, 2.05) is 7.11 Å². The molecule has 1 saturated heterocycles. The van der Waals surface area contributed by atoms with Crippen LogP contribution in [0.3, 0.4) is 0 Å². The Hall–Kier alpha value is -1.46. The zero-order valence-electron chi connectivity index (χ0n) is 13.6. The second kappa shape index (κ2) is 7.88. The Labute approximate surface area is 139 Å². The van der Waals surface area contributed by atoms with Gasteiger partial charge in [0.2, 0.25) is 0 Å². The summed E-state index contributed by atoms with van der Waals surface area (Å²) >= 11 is 0. The average Bonchev–Trinajstić information content (AvgIpc) is 3.44. The molecule has 0 N–H and O–H groups in total. The maximum atomic E-state index is 6.21. The Morgan fingerprint density at radius 2 is 1.57 bits per heavy atom. The van der Waals surface area contributed by atoms with Gasteiger partial charge >= 0.3 is 0 Å². The molecule has 1 heterocycles. The summed E-state index contributed by atoms with van der Waals surface area (Å²) in [4.78, 5) is 0. The third kappa shape index (κ3) is 4.09. The van der Waals surface area contributed by atoms with Crippen LogP contribution in [-0.2, 0) is 13.9 Å². The summed E-state index contributed by atoms with van der Waals surface area (Å²) < 4.78 is 17.1. The van der Waals surface area contributed by atoms with E-state index in [1.54, 1.807) is 0 Å². The first-order valence-corrected chi connectivity index (χ1v) is 10.3. The monoisotopic (exact) mass is 328 g/mol. The lowest BCUT2D eigenvalue weighted by atomic mass is 10.4. The third-order valence-corrected chi connectivity index (χ3v) is 8.64. The van der Waals surface area contributed by atoms with Crippen LogP contribution in [0.5, 0.6) is 0 Å². The van der Waals surface area contributed by atoms with Gasteiger partial charge in [0.15, 0.2) is 0 Å². The molecule has 0 radical (unpaired) electrons. The summed E-state index contributed by atoms with van der Waals surface area (Å²) in [6.45, 7) is 2.33. The molecule has 1 unspecified atom stereocenters. The van der Waals surface area contributed by atoms with Gasteiger partial charge in [0.1, 0.15) is 6.10 Å². The number of rotatable bonds is 9. The minimum absolute atomic E-state index is 0.336. The van der Waals surface area contributed by atoms with Gasteiger partial charge in [-0.2, -0.15) is 0 Å². The molecule has 1 atom stereocenters. The molecule has 0 aliphatic carbocycles. The summed E-state index contributed by atoms with van der Waals surface area (Å²) in [5.41, 5.74) is 0. The molecule has 1 aliphatic heterocycles. The van der Waals surface area contributed by atoms with Crippen molar-refractivity contribution in [3.05, 3.63) is 60.7 Å². The molecular weight excluding hydrogens is 304 g/mol. The first-order chi connectivity index (χ1) is 11.3. The van der Waals surface area contributed by atoms with Crippen molar-refractivity contribution in [2.75, 3.05) is 26.9 Å². The summed E-state index contributed by atoms with van der Waals surface area (Å²) in [7, 11) is -0.342. The van der Waals surface area contributed by atoms with Crippen molar-refractivity contribution in [2.24, 2.45) is 0 Å². The number of hydrogen-bond donors (Lipinski definition) is 0. The molecular formula is C19H24O3Si. The predicted octanol–water partition coefficient (Wildman–Crippen LogP) is 2.20. The fourth-order valence-corrected chi connectivity index (χ4v) is 6.70. The molecule has 2 aromatic rings. The van der Waals surface area contributed by atoms with E-state index in [2.05, 4.69) is 60.7 Å². The van der Waals surface area contributed by atoms with Crippen LogP contribution in [0, 0.1) is 0 Å². The Bertz CT molecular complexity index is 545. The van der Waals surface area contributed by atoms with Crippen molar-refractivity contribution in [2.45, 2.75) is 18.6 Å². The maximum Gasteiger partial charge on any atom is 0.255 e. The number of ether oxygens (including phenoxy) is 2. The highest BCUT2D eigenvalue weighted by Crippen LogP contribution is 2.16. The predicted molar refractivity (Wildman–Crippen MR) is 94.9 cm³/mol. The molecule has 23 heavy (non-hydrogen) atoms. The minimum atomic E-state index is -2.19. The first-order valence-electron chi connectivity index (χ1n) is 8.21. The van der Waals surface area contributed by atoms with Crippen LogP contribution in [0.1, 0.15) is 6.42 Å². The smallest absolute Gasteiger partial charge is 0.255 e. The fourth-order valence-electron chi connectivity index (χ4n) is 3.01. The molecule has 2 aromatic carbocycles. The van der Waals surface area contributed by atoms with Crippen LogP contribution in [0.4, 0.5) is 0 Å². The summed E-state index contributed by atoms with van der Waals surface area (Å²) in [6, 6.07) is 22.3. The van der Waals surface area contributed by atoms with Crippen LogP contribution >= 0.6 is 0 Å². The van der Waals surface area contributed by atoms with Gasteiger partial charge in [-0.1, -0.05) is 60.7 Å². The van der Waals surface area contributed by atoms with Gasteiger partial charge in [0.05, 0.1) is 13.2 Å². The molecule has 1 fully saturated rings. The average molecular weight is 328 g/mol. The SMILES string of the molecule is CO[Si](CCCOCC1CO1)(c1ccccc1)c1ccccc1. The highest BCUT2D eigenvalue weighted by molar-refractivity contribution is 6.97. The number of epoxide rings is 1. The van der Waals surface area contributed by atoms with E-state index < -0.39 is 8.32 Å². The van der Waals surface area contributed by atoms with Gasteiger partial charge in [0, 0.05) is 13.7 Å². The van der Waals surface area contributed by atoms with Gasteiger partial charge < -0.3 is 13.9 Å². The topological polar surface area (TPSA) is 31.0 Å². The molecule has 1 aliphatic rings. The van der Waals surface area contributed by atoms with Gasteiger partial charge in [-0.05, 0) is 22.8 Å². The van der Waals surface area contributed by atoms with E-state index in [4.69, 9.17) is 13.9 Å². The quantitative estimate of drug-likeness (QED) is 0.402. The van der Waals surface area contributed by atoms with Crippen LogP contribution < -0.4 is 10.4 Å². The Morgan fingerprint density at radius 3 is 2.04 bits per heavy atom. The highest BCUT2D eigenvalue weighted by atomic mass is 28.4. The molecule has 0 saturated carbocycles. The molecule has 0 aromatic heterocycles. The number of benzene rings is 2. The van der Waals surface area contributed by atoms with Crippen LogP contribution in [0.15, 0.2) is 60.7 Å². The van der Waals surface area contributed by atoms with E-state index in [0.29, 0.717) is 6.10 Å². The lowest BCUT2D eigenvalue weighted by molar-refractivity contribution is 0.116. The largest absolute Gasteiger partial charge is 0.411 e. The molecule has 0 bridgehead atoms. The lowest BCUT2D eigenvalue weighted by Gasteiger charge is -2.31. The molecule has 4 heteroatoms. The molecule has 3 rings (SSSR count). The van der Waals surface area contributed by atoms with Gasteiger partial charge in [0.25, 0.3) is 8.32 Å². The normalized spacial score (nSPS) is 17.2. The summed E-state index contributed by atoms with van der Waals surface area (Å²) in [6.07, 6.45) is 1.33. The maximum absolute atomic E-state index is 6.21. The van der Waals surface area contributed by atoms with Crippen molar-refractivity contribution < 1.29 is 13.9 Å². The first kappa shape index (κ1) is 16.4. The molecule has 122 valence electrons. The second-order valence-corrected chi connectivity index (χ2v) is 9.61. The Morgan fingerprint density at radius 1 is 1.00 bits per heavy atom. The third-order valence-electron chi connectivity index (χ3n) is 4.35. The molecule has 3 nitrogen and oxygen atoms in total. The van der Waals surface area contributed by atoms with Crippen molar-refractivity contribution >= 4 is 18.7 Å². The highest BCUT2D eigenvalue weighted by Gasteiger charge is 2.37. The summed E-state index contributed by atoms with van der Waals surface area (Å²) in [5, 5.41) is 2.64. The summed E-state index contributed by atoms with van der Waals surface area (Å²) in [5.74, 6) is 0. The van der Waals surface area contributed by atoms with Crippen molar-refractivity contribution in [3.8, 4) is 0 Å². The zero-order valence-corrected chi connectivity index (χ0v) is 14.6. The molecule has 0 amide bonds. The minimum Gasteiger partial charge on any atom is -0.411 e. The zero-order chi connectivity index (χ0) is 16.0. The fraction of sp³-hybridized carbons (Fsp3) is 0.368. The Kier molecular flexibility index (Phi) is 5.62. The van der Waals surface area contributed by atoms with Crippen molar-refractivity contribution in [1.29, 1.82) is 0 Å². The molecule has 0 spiro atoms. The van der Waals surface area contributed by atoms with Gasteiger partial charge in [-0.3, -0.25) is 0 Å². The van der Waals surface area contributed by atoms with Crippen LogP contribution in [0.2, 0.25) is 6.04 Å². The van der Waals surface area contributed by atoms with Crippen LogP contribution in [-0.4, -0.2) is 41.4 Å². The standard InChI is InChI=1S/C19H24O3Si/c1-20-23(18-9-4-2-5-10-18,19-11-6-3-7-12-19)14-8-13-21-15-17-16-22-17/h2-7,9-12,17H,8,13-16H2,1H3. The van der Waals surface area contributed by atoms with Gasteiger partial charge in [-0.25, -0.2) is 0 Å². The Balaban J connectivity index is 1.74. The lowest BCUT2D eigenvalue weighted by Crippen LogP contribution is -2.60. The van der Waals surface area contributed by atoms with Crippen molar-refractivity contribution in [3.63, 3.8) is 0 Å². The van der Waals surface area contributed by atoms with Crippen LogP contribution in [0.25, 0.3) is 0 Å².